The molecule has 1 heterocycles. The van der Waals surface area contributed by atoms with Gasteiger partial charge >= 0.3 is 0 Å². The SMILES string of the molecule is CC(C)(C)[Si](OCCSSc1ccc([N+](=O)[O-])cn1)(c1ccccc1)c1ccccc1. The molecule has 3 rings (SSSR count). The first kappa shape index (κ1) is 23.5. The minimum atomic E-state index is -2.51. The summed E-state index contributed by atoms with van der Waals surface area (Å²) in [4.78, 5) is 14.5. The van der Waals surface area contributed by atoms with Gasteiger partial charge in [0.2, 0.25) is 0 Å². The molecule has 0 radical (unpaired) electrons. The maximum atomic E-state index is 10.8. The first-order valence-corrected chi connectivity index (χ1v) is 14.2. The molecule has 1 aromatic heterocycles. The second-order valence-electron chi connectivity index (χ2n) is 8.03. The van der Waals surface area contributed by atoms with Crippen molar-refractivity contribution in [2.75, 3.05) is 12.4 Å². The van der Waals surface area contributed by atoms with Crippen LogP contribution in [0.25, 0.3) is 0 Å². The normalized spacial score (nSPS) is 12.0. The Labute approximate surface area is 192 Å². The molecule has 0 unspecified atom stereocenters. The fraction of sp³-hybridized carbons (Fsp3) is 0.261. The average molecular weight is 471 g/mol. The van der Waals surface area contributed by atoms with E-state index >= 15 is 0 Å². The second kappa shape index (κ2) is 10.5. The molecule has 0 atom stereocenters. The number of pyridine rings is 1. The van der Waals surface area contributed by atoms with Crippen LogP contribution in [0.3, 0.4) is 0 Å². The van der Waals surface area contributed by atoms with Crippen molar-refractivity contribution in [2.45, 2.75) is 30.8 Å². The van der Waals surface area contributed by atoms with Crippen LogP contribution in [0.4, 0.5) is 5.69 Å². The van der Waals surface area contributed by atoms with E-state index < -0.39 is 13.2 Å². The van der Waals surface area contributed by atoms with Gasteiger partial charge in [-0.1, -0.05) is 92.2 Å². The van der Waals surface area contributed by atoms with E-state index in [-0.39, 0.29) is 10.7 Å². The van der Waals surface area contributed by atoms with E-state index in [4.69, 9.17) is 4.43 Å². The monoisotopic (exact) mass is 470 g/mol. The van der Waals surface area contributed by atoms with Gasteiger partial charge in [-0.15, -0.1) is 0 Å². The van der Waals surface area contributed by atoms with E-state index in [1.807, 2.05) is 12.1 Å². The highest BCUT2D eigenvalue weighted by Crippen LogP contribution is 2.37. The van der Waals surface area contributed by atoms with E-state index in [1.54, 1.807) is 16.9 Å². The number of hydrogen-bond donors (Lipinski definition) is 0. The largest absolute Gasteiger partial charge is 0.407 e. The van der Waals surface area contributed by atoms with Crippen LogP contribution >= 0.6 is 21.6 Å². The van der Waals surface area contributed by atoms with Gasteiger partial charge in [0.05, 0.1) is 4.92 Å². The van der Waals surface area contributed by atoms with Crippen LogP contribution in [0, 0.1) is 10.1 Å². The molecule has 0 saturated heterocycles. The van der Waals surface area contributed by atoms with Crippen LogP contribution < -0.4 is 10.4 Å². The van der Waals surface area contributed by atoms with Crippen molar-refractivity contribution in [3.63, 3.8) is 0 Å². The zero-order valence-corrected chi connectivity index (χ0v) is 20.5. The van der Waals surface area contributed by atoms with Crippen molar-refractivity contribution in [3.05, 3.63) is 89.1 Å². The lowest BCUT2D eigenvalue weighted by Gasteiger charge is -2.43. The first-order valence-electron chi connectivity index (χ1n) is 9.99. The van der Waals surface area contributed by atoms with Crippen LogP contribution in [0.15, 0.2) is 84.0 Å². The fourth-order valence-electron chi connectivity index (χ4n) is 3.62. The Morgan fingerprint density at radius 1 is 0.968 bits per heavy atom. The number of benzene rings is 2. The molecule has 8 heteroatoms. The molecule has 2 aromatic carbocycles. The molecule has 5 nitrogen and oxygen atoms in total. The summed E-state index contributed by atoms with van der Waals surface area (Å²) >= 11 is 0. The Kier molecular flexibility index (Phi) is 7.93. The van der Waals surface area contributed by atoms with Crippen LogP contribution in [0.5, 0.6) is 0 Å². The van der Waals surface area contributed by atoms with Crippen molar-refractivity contribution in [1.29, 1.82) is 0 Å². The van der Waals surface area contributed by atoms with Gasteiger partial charge in [-0.2, -0.15) is 0 Å². The van der Waals surface area contributed by atoms with Crippen LogP contribution in [-0.4, -0.2) is 30.6 Å². The molecule has 0 N–H and O–H groups in total. The Bertz CT molecular complexity index is 942. The second-order valence-corrected chi connectivity index (χ2v) is 14.8. The topological polar surface area (TPSA) is 65.3 Å². The third-order valence-electron chi connectivity index (χ3n) is 4.98. The summed E-state index contributed by atoms with van der Waals surface area (Å²) in [5.74, 6) is 0.786. The Hall–Kier alpha value is -2.13. The van der Waals surface area contributed by atoms with Gasteiger partial charge in [0.1, 0.15) is 11.2 Å². The number of nitro groups is 1. The minimum absolute atomic E-state index is 0.00404. The molecule has 0 fully saturated rings. The predicted molar refractivity (Wildman–Crippen MR) is 133 cm³/mol. The van der Waals surface area contributed by atoms with Gasteiger partial charge in [0, 0.05) is 18.4 Å². The summed E-state index contributed by atoms with van der Waals surface area (Å²) in [6, 6.07) is 24.3. The molecule has 0 bridgehead atoms. The Morgan fingerprint density at radius 3 is 2.00 bits per heavy atom. The summed E-state index contributed by atoms with van der Waals surface area (Å²) < 4.78 is 6.85. The van der Waals surface area contributed by atoms with Gasteiger partial charge in [-0.25, -0.2) is 4.98 Å². The zero-order chi connectivity index (χ0) is 22.3. The molecule has 31 heavy (non-hydrogen) atoms. The molecule has 0 spiro atoms. The number of rotatable bonds is 9. The summed E-state index contributed by atoms with van der Waals surface area (Å²) in [6.45, 7) is 7.41. The molecule has 0 aliphatic rings. The lowest BCUT2D eigenvalue weighted by atomic mass is 10.2. The van der Waals surface area contributed by atoms with Gasteiger partial charge in [-0.05, 0) is 32.3 Å². The van der Waals surface area contributed by atoms with Crippen molar-refractivity contribution in [2.24, 2.45) is 0 Å². The average Bonchev–Trinajstić information content (AvgIpc) is 2.77. The van der Waals surface area contributed by atoms with Crippen molar-refractivity contribution < 1.29 is 9.35 Å². The maximum absolute atomic E-state index is 10.8. The highest BCUT2D eigenvalue weighted by Gasteiger charge is 2.49. The quantitative estimate of drug-likeness (QED) is 0.139. The van der Waals surface area contributed by atoms with Crippen LogP contribution in [0.2, 0.25) is 5.04 Å². The molecule has 0 aliphatic carbocycles. The van der Waals surface area contributed by atoms with Crippen molar-refractivity contribution in [3.8, 4) is 0 Å². The van der Waals surface area contributed by atoms with Crippen LogP contribution in [0.1, 0.15) is 20.8 Å². The van der Waals surface area contributed by atoms with E-state index in [0.717, 1.165) is 10.8 Å². The van der Waals surface area contributed by atoms with Gasteiger partial charge in [0.25, 0.3) is 14.0 Å². The smallest absolute Gasteiger partial charge is 0.287 e. The standard InChI is InChI=1S/C23H26N2O3S2Si/c1-23(2,3)31(20-10-6-4-7-11-20,21-12-8-5-9-13-21)28-16-17-29-30-22-15-14-19(18-24-22)25(26)27/h4-15,18H,16-17H2,1-3H3. The first-order chi connectivity index (χ1) is 14.8. The molecule has 162 valence electrons. The maximum Gasteiger partial charge on any atom is 0.287 e. The summed E-state index contributed by atoms with van der Waals surface area (Å²) in [5, 5.41) is 14.0. The molecule has 0 aliphatic heterocycles. The minimum Gasteiger partial charge on any atom is -0.407 e. The molecular formula is C23H26N2O3S2Si. The van der Waals surface area contributed by atoms with E-state index in [0.29, 0.717) is 6.61 Å². The Balaban J connectivity index is 1.73. The fourth-order valence-corrected chi connectivity index (χ4v) is 10.0. The van der Waals surface area contributed by atoms with Gasteiger partial charge in [0.15, 0.2) is 0 Å². The highest BCUT2D eigenvalue weighted by molar-refractivity contribution is 8.76. The molecule has 0 amide bonds. The Morgan fingerprint density at radius 2 is 1.55 bits per heavy atom. The lowest BCUT2D eigenvalue weighted by molar-refractivity contribution is -0.385. The van der Waals surface area contributed by atoms with E-state index in [9.17, 15) is 10.1 Å². The molecule has 0 saturated carbocycles. The number of hydrogen-bond acceptors (Lipinski definition) is 6. The van der Waals surface area contributed by atoms with Crippen molar-refractivity contribution in [1.82, 2.24) is 4.98 Å². The lowest BCUT2D eigenvalue weighted by Crippen LogP contribution is -2.66. The van der Waals surface area contributed by atoms with E-state index in [1.165, 1.54) is 33.4 Å². The molecular weight excluding hydrogens is 444 g/mol. The highest BCUT2D eigenvalue weighted by atomic mass is 33.1. The van der Waals surface area contributed by atoms with Crippen molar-refractivity contribution >= 4 is 46.0 Å². The number of aromatic nitrogens is 1. The third kappa shape index (κ3) is 5.57. The van der Waals surface area contributed by atoms with Gasteiger partial charge in [-0.3, -0.25) is 10.1 Å². The summed E-state index contributed by atoms with van der Waals surface area (Å²) in [5.41, 5.74) is 0.00404. The van der Waals surface area contributed by atoms with Crippen LogP contribution in [-0.2, 0) is 4.43 Å². The summed E-state index contributed by atoms with van der Waals surface area (Å²) in [7, 11) is 0.641. The predicted octanol–water partition coefficient (Wildman–Crippen LogP) is 5.31. The number of nitrogens with zero attached hydrogens (tertiary/aromatic N) is 2. The molecule has 3 aromatic rings. The third-order valence-corrected chi connectivity index (χ3v) is 12.2. The zero-order valence-electron chi connectivity index (χ0n) is 17.9. The van der Waals surface area contributed by atoms with E-state index in [2.05, 4.69) is 74.3 Å². The van der Waals surface area contributed by atoms with Gasteiger partial charge < -0.3 is 4.43 Å². The summed E-state index contributed by atoms with van der Waals surface area (Å²) in [6.07, 6.45) is 1.29.